The predicted octanol–water partition coefficient (Wildman–Crippen LogP) is 0.492. The van der Waals surface area contributed by atoms with E-state index in [2.05, 4.69) is 11.4 Å². The molecule has 2 nitrogen and oxygen atoms in total. The van der Waals surface area contributed by atoms with Crippen LogP contribution in [-0.2, 0) is 0 Å². The van der Waals surface area contributed by atoms with Gasteiger partial charge in [-0.15, -0.1) is 0 Å². The van der Waals surface area contributed by atoms with E-state index in [-0.39, 0.29) is 0 Å². The van der Waals surface area contributed by atoms with E-state index < -0.39 is 0 Å². The van der Waals surface area contributed by atoms with Gasteiger partial charge in [0.05, 0.1) is 0 Å². The third-order valence-corrected chi connectivity index (χ3v) is 0.928. The Morgan fingerprint density at radius 1 is 1.50 bits per heavy atom. The van der Waals surface area contributed by atoms with Crippen molar-refractivity contribution < 1.29 is 5.11 Å². The average molecular weight is 115 g/mol. The Bertz CT molecular complexity index is 53.5. The molecule has 0 saturated heterocycles. The highest BCUT2D eigenvalue weighted by molar-refractivity contribution is 4.83. The molecule has 0 fully saturated rings. The molecule has 0 spiro atoms. The number of aliphatic hydroxyl groups is 1. The van der Waals surface area contributed by atoms with Crippen molar-refractivity contribution in [2.24, 2.45) is 0 Å². The van der Waals surface area contributed by atoms with Gasteiger partial charge in [-0.05, 0) is 19.0 Å². The smallest absolute Gasteiger partial charge is 0.0319 e. The van der Waals surface area contributed by atoms with E-state index in [1.165, 1.54) is 12.8 Å². The molecule has 1 rings (SSSR count). The zero-order chi connectivity index (χ0) is 6.24. The molecule has 0 bridgehead atoms. The molecule has 0 atom stereocenters. The van der Waals surface area contributed by atoms with Crippen molar-refractivity contribution in [2.75, 3.05) is 13.7 Å². The van der Waals surface area contributed by atoms with Crippen molar-refractivity contribution in [1.29, 1.82) is 0 Å². The maximum Gasteiger partial charge on any atom is 0.0319 e. The molecule has 2 N–H and O–H groups in total. The summed E-state index contributed by atoms with van der Waals surface area (Å²) in [6.07, 6.45) is 6.73. The molecule has 0 aromatic rings. The molecule has 1 aliphatic heterocycles. The maximum absolute atomic E-state index is 7.00. The minimum Gasteiger partial charge on any atom is -0.400 e. The Labute approximate surface area is 50.2 Å². The summed E-state index contributed by atoms with van der Waals surface area (Å²) in [5.41, 5.74) is 0. The van der Waals surface area contributed by atoms with Crippen LogP contribution in [0.5, 0.6) is 0 Å². The Balaban J connectivity index is 0.000000222. The third-order valence-electron chi connectivity index (χ3n) is 0.928. The minimum absolute atomic E-state index is 1.00. The lowest BCUT2D eigenvalue weighted by Gasteiger charge is -2.02. The van der Waals surface area contributed by atoms with Crippen LogP contribution in [0.25, 0.3) is 0 Å². The molecule has 0 aromatic carbocycles. The van der Waals surface area contributed by atoms with Crippen LogP contribution in [0.3, 0.4) is 0 Å². The summed E-state index contributed by atoms with van der Waals surface area (Å²) in [7, 11) is 1.00. The van der Waals surface area contributed by atoms with E-state index in [1.54, 1.807) is 0 Å². The van der Waals surface area contributed by atoms with Crippen molar-refractivity contribution in [3.8, 4) is 0 Å². The second kappa shape index (κ2) is 6.50. The van der Waals surface area contributed by atoms with Gasteiger partial charge in [0, 0.05) is 13.7 Å². The van der Waals surface area contributed by atoms with E-state index >= 15 is 0 Å². The molecule has 2 heteroatoms. The highest BCUT2D eigenvalue weighted by Gasteiger charge is 1.84. The summed E-state index contributed by atoms with van der Waals surface area (Å²) < 4.78 is 0. The molecule has 8 heavy (non-hydrogen) atoms. The first kappa shape index (κ1) is 7.50. The van der Waals surface area contributed by atoms with Gasteiger partial charge in [-0.25, -0.2) is 0 Å². The van der Waals surface area contributed by atoms with Gasteiger partial charge in [-0.3, -0.25) is 0 Å². The zero-order valence-corrected chi connectivity index (χ0v) is 5.22. The number of rotatable bonds is 0. The molecule has 1 aliphatic rings. The van der Waals surface area contributed by atoms with Crippen molar-refractivity contribution >= 4 is 0 Å². The van der Waals surface area contributed by atoms with E-state index in [4.69, 9.17) is 5.11 Å². The number of aliphatic hydroxyl groups excluding tert-OH is 1. The second-order valence-electron chi connectivity index (χ2n) is 1.50. The standard InChI is InChI=1S/C5H9N.CH4O/c1-2-4-6-5-3-1;1-2/h2,4,6H,1,3,5H2;2H,1H3. The van der Waals surface area contributed by atoms with E-state index in [0.717, 1.165) is 13.7 Å². The Morgan fingerprint density at radius 3 is 2.38 bits per heavy atom. The largest absolute Gasteiger partial charge is 0.400 e. The van der Waals surface area contributed by atoms with Crippen molar-refractivity contribution in [1.82, 2.24) is 5.32 Å². The molecular formula is C6H13NO. The van der Waals surface area contributed by atoms with Crippen LogP contribution in [0.1, 0.15) is 12.8 Å². The Morgan fingerprint density at radius 2 is 2.25 bits per heavy atom. The highest BCUT2D eigenvalue weighted by Crippen LogP contribution is 1.91. The average Bonchev–Trinajstić information content (AvgIpc) is 1.96. The van der Waals surface area contributed by atoms with Gasteiger partial charge in [0.2, 0.25) is 0 Å². The predicted molar refractivity (Wildman–Crippen MR) is 34.5 cm³/mol. The Kier molecular flexibility index (Phi) is 6.09. The number of hydrogen-bond donors (Lipinski definition) is 2. The normalized spacial score (nSPS) is 15.8. The second-order valence-corrected chi connectivity index (χ2v) is 1.50. The third kappa shape index (κ3) is 3.68. The van der Waals surface area contributed by atoms with Crippen molar-refractivity contribution in [3.05, 3.63) is 12.3 Å². The lowest BCUT2D eigenvalue weighted by Crippen LogP contribution is -2.09. The van der Waals surface area contributed by atoms with E-state index in [0.29, 0.717) is 0 Å². The number of nitrogens with one attached hydrogen (secondary N) is 1. The monoisotopic (exact) mass is 115 g/mol. The lowest BCUT2D eigenvalue weighted by atomic mass is 10.2. The number of hydrogen-bond acceptors (Lipinski definition) is 2. The van der Waals surface area contributed by atoms with Gasteiger partial charge < -0.3 is 10.4 Å². The SMILES string of the molecule is C1=CNCCC1.CO. The van der Waals surface area contributed by atoms with Crippen LogP contribution in [0.2, 0.25) is 0 Å². The van der Waals surface area contributed by atoms with Crippen LogP contribution >= 0.6 is 0 Å². The molecule has 0 aliphatic carbocycles. The lowest BCUT2D eigenvalue weighted by molar-refractivity contribution is 0.399. The molecule has 0 amide bonds. The Hall–Kier alpha value is -0.500. The van der Waals surface area contributed by atoms with Crippen LogP contribution in [-0.4, -0.2) is 18.8 Å². The molecule has 0 saturated carbocycles. The fourth-order valence-corrected chi connectivity index (χ4v) is 0.572. The summed E-state index contributed by atoms with van der Waals surface area (Å²) in [4.78, 5) is 0. The van der Waals surface area contributed by atoms with Gasteiger partial charge in [0.1, 0.15) is 0 Å². The van der Waals surface area contributed by atoms with Crippen LogP contribution in [0.4, 0.5) is 0 Å². The fraction of sp³-hybridized carbons (Fsp3) is 0.667. The van der Waals surface area contributed by atoms with Crippen LogP contribution in [0.15, 0.2) is 12.3 Å². The summed E-state index contributed by atoms with van der Waals surface area (Å²) in [5.74, 6) is 0. The van der Waals surface area contributed by atoms with E-state index in [9.17, 15) is 0 Å². The summed E-state index contributed by atoms with van der Waals surface area (Å²) in [6.45, 7) is 1.16. The number of allylic oxidation sites excluding steroid dienone is 1. The first-order chi connectivity index (χ1) is 4.00. The van der Waals surface area contributed by atoms with E-state index in [1.807, 2.05) is 6.20 Å². The zero-order valence-electron chi connectivity index (χ0n) is 5.22. The molecule has 0 radical (unpaired) electrons. The minimum atomic E-state index is 1.00. The van der Waals surface area contributed by atoms with Gasteiger partial charge in [0.15, 0.2) is 0 Å². The van der Waals surface area contributed by atoms with Gasteiger partial charge in [-0.1, -0.05) is 6.08 Å². The quantitative estimate of drug-likeness (QED) is 0.481. The summed E-state index contributed by atoms with van der Waals surface area (Å²) in [5, 5.41) is 10.1. The van der Waals surface area contributed by atoms with Gasteiger partial charge in [-0.2, -0.15) is 0 Å². The van der Waals surface area contributed by atoms with Crippen molar-refractivity contribution in [3.63, 3.8) is 0 Å². The molecule has 0 unspecified atom stereocenters. The maximum atomic E-state index is 7.00. The first-order valence-electron chi connectivity index (χ1n) is 2.83. The fourth-order valence-electron chi connectivity index (χ4n) is 0.572. The molecule has 1 heterocycles. The topological polar surface area (TPSA) is 32.3 Å². The summed E-state index contributed by atoms with van der Waals surface area (Å²) in [6, 6.07) is 0. The molecule has 0 aromatic heterocycles. The highest BCUT2D eigenvalue weighted by atomic mass is 16.2. The van der Waals surface area contributed by atoms with Crippen LogP contribution < -0.4 is 5.32 Å². The molecule has 48 valence electrons. The first-order valence-corrected chi connectivity index (χ1v) is 2.83. The summed E-state index contributed by atoms with van der Waals surface area (Å²) >= 11 is 0. The van der Waals surface area contributed by atoms with Gasteiger partial charge >= 0.3 is 0 Å². The van der Waals surface area contributed by atoms with Crippen LogP contribution in [0, 0.1) is 0 Å². The van der Waals surface area contributed by atoms with Gasteiger partial charge in [0.25, 0.3) is 0 Å². The van der Waals surface area contributed by atoms with Crippen molar-refractivity contribution in [2.45, 2.75) is 12.8 Å². The molecular weight excluding hydrogens is 102 g/mol.